The van der Waals surface area contributed by atoms with Crippen molar-refractivity contribution in [2.24, 2.45) is 0 Å². The van der Waals surface area contributed by atoms with Crippen molar-refractivity contribution in [3.8, 4) is 0 Å². The molecule has 0 unspecified atom stereocenters. The number of nitrogens with zero attached hydrogens (tertiary/aromatic N) is 1. The highest BCUT2D eigenvalue weighted by atomic mass is 35.5. The van der Waals surface area contributed by atoms with E-state index in [-0.39, 0.29) is 10.0 Å². The molecule has 0 fully saturated rings. The lowest BCUT2D eigenvalue weighted by Gasteiger charge is -2.05. The number of benzene rings is 2. The van der Waals surface area contributed by atoms with Crippen LogP contribution in [-0.4, -0.2) is 11.0 Å². The Morgan fingerprint density at radius 3 is 2.22 bits per heavy atom. The monoisotopic (exact) mass is 299 g/mol. The van der Waals surface area contributed by atoms with Crippen molar-refractivity contribution in [2.75, 3.05) is 0 Å². The highest BCUT2D eigenvalue weighted by Gasteiger charge is 2.10. The second-order valence-corrected chi connectivity index (χ2v) is 4.72. The number of hydrogen-bond donors (Lipinski definition) is 0. The van der Waals surface area contributed by atoms with Crippen molar-refractivity contribution >= 4 is 46.7 Å². The third-order valence-electron chi connectivity index (χ3n) is 2.33. The zero-order valence-electron chi connectivity index (χ0n) is 9.11. The molecule has 0 radical (unpaired) electrons. The lowest BCUT2D eigenvalue weighted by molar-refractivity contribution is -0.354. The zero-order chi connectivity index (χ0) is 13.1. The Bertz CT molecular complexity index is 597. The van der Waals surface area contributed by atoms with E-state index >= 15 is 0 Å². The first kappa shape index (κ1) is 13.2. The van der Waals surface area contributed by atoms with Crippen LogP contribution in [-0.2, 0) is 0 Å². The molecule has 0 heterocycles. The molecule has 5 heteroatoms. The smallest absolute Gasteiger partial charge is 0.216 e. The summed E-state index contributed by atoms with van der Waals surface area (Å²) in [7, 11) is 0. The molecule has 0 saturated carbocycles. The first-order valence-electron chi connectivity index (χ1n) is 5.09. The fourth-order valence-corrected chi connectivity index (χ4v) is 2.01. The van der Waals surface area contributed by atoms with Gasteiger partial charge in [0.15, 0.2) is 6.21 Å². The van der Waals surface area contributed by atoms with Gasteiger partial charge >= 0.3 is 0 Å². The third kappa shape index (κ3) is 2.78. The van der Waals surface area contributed by atoms with E-state index in [4.69, 9.17) is 34.8 Å². The van der Waals surface area contributed by atoms with Crippen LogP contribution < -0.4 is 0 Å². The average molecular weight is 301 g/mol. The molecular formula is C13H8Cl3NO. The summed E-state index contributed by atoms with van der Waals surface area (Å²) in [6.07, 6.45) is 1.36. The van der Waals surface area contributed by atoms with Gasteiger partial charge in [0, 0.05) is 12.1 Å². The first-order valence-corrected chi connectivity index (χ1v) is 6.23. The van der Waals surface area contributed by atoms with Gasteiger partial charge in [-0.3, -0.25) is 0 Å². The lowest BCUT2D eigenvalue weighted by atomic mass is 10.2. The fourth-order valence-electron chi connectivity index (χ4n) is 1.42. The maximum atomic E-state index is 11.9. The molecule has 2 aromatic rings. The van der Waals surface area contributed by atoms with Gasteiger partial charge < -0.3 is 5.21 Å². The molecule has 0 aromatic heterocycles. The van der Waals surface area contributed by atoms with E-state index in [1.165, 1.54) is 6.21 Å². The molecule has 0 bridgehead atoms. The van der Waals surface area contributed by atoms with Crippen molar-refractivity contribution in [3.05, 3.63) is 68.3 Å². The van der Waals surface area contributed by atoms with Crippen LogP contribution in [0, 0.1) is 5.21 Å². The normalized spacial score (nSPS) is 11.6. The van der Waals surface area contributed by atoms with Crippen molar-refractivity contribution < 1.29 is 4.74 Å². The second kappa shape index (κ2) is 5.61. The minimum atomic E-state index is 0.244. The minimum absolute atomic E-state index is 0.244. The third-order valence-corrected chi connectivity index (χ3v) is 3.64. The Balaban J connectivity index is 2.43. The van der Waals surface area contributed by atoms with Gasteiger partial charge in [-0.2, -0.15) is 4.74 Å². The molecule has 0 atom stereocenters. The van der Waals surface area contributed by atoms with Crippen LogP contribution in [0.2, 0.25) is 15.1 Å². The molecular weight excluding hydrogens is 293 g/mol. The maximum absolute atomic E-state index is 11.9. The molecule has 92 valence electrons. The van der Waals surface area contributed by atoms with Crippen molar-refractivity contribution in [1.29, 1.82) is 0 Å². The zero-order valence-corrected chi connectivity index (χ0v) is 11.4. The van der Waals surface area contributed by atoms with Crippen LogP contribution in [0.3, 0.4) is 0 Å². The molecule has 2 rings (SSSR count). The summed E-state index contributed by atoms with van der Waals surface area (Å²) in [5, 5.41) is 12.8. The van der Waals surface area contributed by atoms with E-state index in [0.717, 1.165) is 4.74 Å². The molecule has 0 aliphatic rings. The number of rotatable bonds is 2. The van der Waals surface area contributed by atoms with Crippen LogP contribution in [0.25, 0.3) is 0 Å². The lowest BCUT2D eigenvalue weighted by Crippen LogP contribution is -1.99. The Hall–Kier alpha value is -1.22. The van der Waals surface area contributed by atoms with E-state index in [9.17, 15) is 5.21 Å². The first-order chi connectivity index (χ1) is 8.59. The van der Waals surface area contributed by atoms with Crippen LogP contribution >= 0.6 is 34.8 Å². The summed E-state index contributed by atoms with van der Waals surface area (Å²) in [6.45, 7) is 0. The molecule has 0 aliphatic carbocycles. The molecule has 0 aliphatic heterocycles. The predicted octanol–water partition coefficient (Wildman–Crippen LogP) is 4.91. The van der Waals surface area contributed by atoms with E-state index in [2.05, 4.69) is 0 Å². The predicted molar refractivity (Wildman–Crippen MR) is 76.4 cm³/mol. The van der Waals surface area contributed by atoms with Gasteiger partial charge in [-0.25, -0.2) is 0 Å². The topological polar surface area (TPSA) is 26.1 Å². The van der Waals surface area contributed by atoms with E-state index in [1.807, 2.05) is 6.07 Å². The molecule has 18 heavy (non-hydrogen) atoms. The Labute approximate surface area is 120 Å². The maximum Gasteiger partial charge on any atom is 0.216 e. The summed E-state index contributed by atoms with van der Waals surface area (Å²) >= 11 is 17.7. The average Bonchev–Trinajstić information content (AvgIpc) is 2.40. The van der Waals surface area contributed by atoms with Crippen LogP contribution in [0.4, 0.5) is 5.69 Å². The standard InChI is InChI=1S/C13H8Cl3NO/c14-11-7-6-9(12(15)13(11)16)8-17(18)10-4-2-1-3-5-10/h1-8H. The van der Waals surface area contributed by atoms with Crippen molar-refractivity contribution in [2.45, 2.75) is 0 Å². The number of para-hydroxylation sites is 1. The van der Waals surface area contributed by atoms with Gasteiger partial charge in [-0.1, -0.05) is 53.0 Å². The van der Waals surface area contributed by atoms with Crippen LogP contribution in [0.1, 0.15) is 5.56 Å². The molecule has 0 spiro atoms. The van der Waals surface area contributed by atoms with Gasteiger partial charge in [0.05, 0.1) is 20.6 Å². The van der Waals surface area contributed by atoms with E-state index < -0.39 is 0 Å². The Morgan fingerprint density at radius 2 is 1.56 bits per heavy atom. The molecule has 0 amide bonds. The summed E-state index contributed by atoms with van der Waals surface area (Å²) in [5.41, 5.74) is 1.03. The van der Waals surface area contributed by atoms with Crippen molar-refractivity contribution in [1.82, 2.24) is 0 Å². The highest BCUT2D eigenvalue weighted by Crippen LogP contribution is 2.32. The van der Waals surface area contributed by atoms with Gasteiger partial charge in [-0.15, -0.1) is 0 Å². The summed E-state index contributed by atoms with van der Waals surface area (Å²) in [6, 6.07) is 12.0. The Kier molecular flexibility index (Phi) is 4.12. The highest BCUT2D eigenvalue weighted by molar-refractivity contribution is 6.48. The molecule has 2 nitrogen and oxygen atoms in total. The summed E-state index contributed by atoms with van der Waals surface area (Å²) < 4.78 is 0.728. The van der Waals surface area contributed by atoms with E-state index in [0.29, 0.717) is 16.3 Å². The molecule has 0 N–H and O–H groups in total. The minimum Gasteiger partial charge on any atom is -0.618 e. The molecule has 0 saturated heterocycles. The largest absolute Gasteiger partial charge is 0.618 e. The summed E-state index contributed by atoms with van der Waals surface area (Å²) in [4.78, 5) is 0. The fraction of sp³-hybridized carbons (Fsp3) is 0. The van der Waals surface area contributed by atoms with Gasteiger partial charge in [0.1, 0.15) is 0 Å². The van der Waals surface area contributed by atoms with Crippen LogP contribution in [0.15, 0.2) is 42.5 Å². The molecule has 2 aromatic carbocycles. The van der Waals surface area contributed by atoms with Gasteiger partial charge in [-0.05, 0) is 12.1 Å². The van der Waals surface area contributed by atoms with Gasteiger partial charge in [0.25, 0.3) is 0 Å². The number of hydrogen-bond acceptors (Lipinski definition) is 1. The second-order valence-electron chi connectivity index (χ2n) is 3.56. The number of halogens is 3. The Morgan fingerprint density at radius 1 is 0.889 bits per heavy atom. The van der Waals surface area contributed by atoms with Crippen molar-refractivity contribution in [3.63, 3.8) is 0 Å². The van der Waals surface area contributed by atoms with E-state index in [1.54, 1.807) is 36.4 Å². The SMILES string of the molecule is [O-][N+](=Cc1ccc(Cl)c(Cl)c1Cl)c1ccccc1. The van der Waals surface area contributed by atoms with Gasteiger partial charge in [0.2, 0.25) is 5.69 Å². The quantitative estimate of drug-likeness (QED) is 0.254. The van der Waals surface area contributed by atoms with Crippen LogP contribution in [0.5, 0.6) is 0 Å². The summed E-state index contributed by atoms with van der Waals surface area (Å²) in [5.74, 6) is 0.